The summed E-state index contributed by atoms with van der Waals surface area (Å²) < 4.78 is 5.91. The van der Waals surface area contributed by atoms with Crippen LogP contribution in [0.3, 0.4) is 0 Å². The van der Waals surface area contributed by atoms with E-state index in [-0.39, 0.29) is 23.5 Å². The predicted octanol–water partition coefficient (Wildman–Crippen LogP) is 3.91. The van der Waals surface area contributed by atoms with E-state index in [0.717, 1.165) is 44.6 Å². The minimum absolute atomic E-state index is 0.0502. The number of hydrogen-bond donors (Lipinski definition) is 1. The van der Waals surface area contributed by atoms with Crippen molar-refractivity contribution in [3.63, 3.8) is 0 Å². The average molecular weight is 433 g/mol. The normalized spacial score (nSPS) is 20.1. The number of fused-ring (bicyclic) bond motifs is 4. The van der Waals surface area contributed by atoms with Crippen molar-refractivity contribution < 1.29 is 14.1 Å². The smallest absolute Gasteiger partial charge is 0.311 e. The molecule has 6 rings (SSSR count). The monoisotopic (exact) mass is 433 g/mol. The van der Waals surface area contributed by atoms with Crippen LogP contribution < -0.4 is 5.32 Å². The van der Waals surface area contributed by atoms with Gasteiger partial charge in [0.1, 0.15) is 5.76 Å². The van der Waals surface area contributed by atoms with Gasteiger partial charge in [-0.05, 0) is 55.3 Å². The molecular weight excluding hydrogens is 410 g/mol. The Kier molecular flexibility index (Phi) is 5.32. The summed E-state index contributed by atoms with van der Waals surface area (Å²) in [6.45, 7) is 3.76. The lowest BCUT2D eigenvalue weighted by Crippen LogP contribution is -2.41. The zero-order chi connectivity index (χ0) is 22.1. The molecule has 164 valence electrons. The highest BCUT2D eigenvalue weighted by atomic mass is 16.6. The summed E-state index contributed by atoms with van der Waals surface area (Å²) >= 11 is 0. The molecule has 0 saturated carbocycles. The molecular formula is C23H23N5O4. The van der Waals surface area contributed by atoms with E-state index in [0.29, 0.717) is 17.2 Å². The molecule has 9 nitrogen and oxygen atoms in total. The number of rotatable bonds is 5. The summed E-state index contributed by atoms with van der Waals surface area (Å²) in [5.41, 5.74) is 1.38. The number of amides is 1. The summed E-state index contributed by atoms with van der Waals surface area (Å²) in [4.78, 5) is 32.2. The van der Waals surface area contributed by atoms with Crippen molar-refractivity contribution in [2.75, 3.05) is 31.5 Å². The van der Waals surface area contributed by atoms with Gasteiger partial charge < -0.3 is 19.5 Å². The third kappa shape index (κ3) is 3.94. The molecule has 3 aliphatic rings. The summed E-state index contributed by atoms with van der Waals surface area (Å²) in [7, 11) is 0. The van der Waals surface area contributed by atoms with Gasteiger partial charge >= 0.3 is 5.69 Å². The number of piperidine rings is 1. The van der Waals surface area contributed by atoms with Crippen LogP contribution in [-0.2, 0) is 0 Å². The van der Waals surface area contributed by atoms with Crippen LogP contribution in [0, 0.1) is 10.1 Å². The quantitative estimate of drug-likeness (QED) is 0.480. The number of nitro groups is 1. The molecule has 2 bridgehead atoms. The molecule has 1 aromatic carbocycles. The van der Waals surface area contributed by atoms with E-state index in [1.54, 1.807) is 24.3 Å². The standard InChI is InChI=1S/C23H23N5O4/c29-23(27-15-14-26-12-9-18(27)10-13-26)21-8-7-20(32-21)16-3-5-17(6-4-16)25-22-19(28(30)31)2-1-11-24-22/h1-8,11,18H,9-10,12-15H2,(H,24,25). The lowest BCUT2D eigenvalue weighted by Gasteiger charge is -2.30. The van der Waals surface area contributed by atoms with Gasteiger partial charge in [-0.25, -0.2) is 4.98 Å². The molecule has 0 unspecified atom stereocenters. The number of nitrogens with zero attached hydrogens (tertiary/aromatic N) is 4. The second-order valence-electron chi connectivity index (χ2n) is 8.07. The summed E-state index contributed by atoms with van der Waals surface area (Å²) in [5.74, 6) is 1.09. The summed E-state index contributed by atoms with van der Waals surface area (Å²) in [6, 6.07) is 14.0. The predicted molar refractivity (Wildman–Crippen MR) is 119 cm³/mol. The van der Waals surface area contributed by atoms with Crippen molar-refractivity contribution in [3.05, 3.63) is 70.6 Å². The molecule has 5 heterocycles. The van der Waals surface area contributed by atoms with Gasteiger partial charge in [0.2, 0.25) is 5.82 Å². The van der Waals surface area contributed by atoms with Gasteiger partial charge in [-0.3, -0.25) is 14.9 Å². The number of benzene rings is 1. The fourth-order valence-electron chi connectivity index (χ4n) is 4.40. The fourth-order valence-corrected chi connectivity index (χ4v) is 4.40. The Balaban J connectivity index is 1.30. The van der Waals surface area contributed by atoms with Gasteiger partial charge in [-0.15, -0.1) is 0 Å². The van der Waals surface area contributed by atoms with Crippen molar-refractivity contribution in [1.29, 1.82) is 0 Å². The van der Waals surface area contributed by atoms with Crippen molar-refractivity contribution >= 4 is 23.1 Å². The van der Waals surface area contributed by atoms with Crippen LogP contribution in [0.1, 0.15) is 23.4 Å². The van der Waals surface area contributed by atoms with Crippen LogP contribution in [0.5, 0.6) is 0 Å². The van der Waals surface area contributed by atoms with Crippen molar-refractivity contribution in [3.8, 4) is 11.3 Å². The molecule has 0 aliphatic carbocycles. The molecule has 0 atom stereocenters. The Hall–Kier alpha value is -3.72. The van der Waals surface area contributed by atoms with Gasteiger partial charge in [0.05, 0.1) is 4.92 Å². The highest BCUT2D eigenvalue weighted by Crippen LogP contribution is 2.29. The number of carbonyl (C=O) groups is 1. The van der Waals surface area contributed by atoms with Crippen LogP contribution in [0.4, 0.5) is 17.2 Å². The molecule has 3 saturated heterocycles. The summed E-state index contributed by atoms with van der Waals surface area (Å²) in [5, 5.41) is 14.1. The molecule has 0 radical (unpaired) electrons. The molecule has 3 fully saturated rings. The second-order valence-corrected chi connectivity index (χ2v) is 8.07. The number of hydrogen-bond acceptors (Lipinski definition) is 7. The van der Waals surface area contributed by atoms with Gasteiger partial charge in [0, 0.05) is 55.7 Å². The van der Waals surface area contributed by atoms with Crippen molar-refractivity contribution in [2.45, 2.75) is 18.9 Å². The van der Waals surface area contributed by atoms with E-state index < -0.39 is 4.92 Å². The Bertz CT molecular complexity index is 1140. The van der Waals surface area contributed by atoms with Gasteiger partial charge in [-0.2, -0.15) is 0 Å². The first-order chi connectivity index (χ1) is 15.6. The Morgan fingerprint density at radius 1 is 1.06 bits per heavy atom. The van der Waals surface area contributed by atoms with Crippen LogP contribution in [0.2, 0.25) is 0 Å². The maximum atomic E-state index is 13.1. The minimum atomic E-state index is -0.474. The van der Waals surface area contributed by atoms with E-state index in [1.807, 2.05) is 17.0 Å². The topological polar surface area (TPSA) is 105 Å². The SMILES string of the molecule is O=C(c1ccc(-c2ccc(Nc3ncccc3[N+](=O)[O-])cc2)o1)N1CCN2CCC1CC2. The third-order valence-electron chi connectivity index (χ3n) is 6.15. The van der Waals surface area contributed by atoms with Crippen molar-refractivity contribution in [1.82, 2.24) is 14.8 Å². The maximum Gasteiger partial charge on any atom is 0.311 e. The van der Waals surface area contributed by atoms with Crippen molar-refractivity contribution in [2.24, 2.45) is 0 Å². The molecule has 1 N–H and O–H groups in total. The van der Waals surface area contributed by atoms with Crippen LogP contribution in [-0.4, -0.2) is 57.8 Å². The van der Waals surface area contributed by atoms with E-state index in [9.17, 15) is 14.9 Å². The Labute approximate surface area is 184 Å². The number of anilines is 2. The first-order valence-electron chi connectivity index (χ1n) is 10.7. The van der Waals surface area contributed by atoms with Crippen LogP contribution in [0.25, 0.3) is 11.3 Å². The number of aromatic nitrogens is 1. The molecule has 0 spiro atoms. The van der Waals surface area contributed by atoms with E-state index in [1.165, 1.54) is 18.3 Å². The summed E-state index contributed by atoms with van der Waals surface area (Å²) in [6.07, 6.45) is 3.53. The third-order valence-corrected chi connectivity index (χ3v) is 6.15. The number of pyridine rings is 1. The molecule has 9 heteroatoms. The highest BCUT2D eigenvalue weighted by molar-refractivity contribution is 5.92. The zero-order valence-corrected chi connectivity index (χ0v) is 17.4. The molecule has 3 aromatic rings. The van der Waals surface area contributed by atoms with E-state index in [2.05, 4.69) is 15.2 Å². The lowest BCUT2D eigenvalue weighted by atomic mass is 10.1. The first kappa shape index (κ1) is 20.2. The van der Waals surface area contributed by atoms with Gasteiger partial charge in [-0.1, -0.05) is 0 Å². The largest absolute Gasteiger partial charge is 0.451 e. The minimum Gasteiger partial charge on any atom is -0.451 e. The number of furan rings is 1. The molecule has 2 aromatic heterocycles. The highest BCUT2D eigenvalue weighted by Gasteiger charge is 2.33. The average Bonchev–Trinajstić information content (AvgIpc) is 3.12. The Morgan fingerprint density at radius 2 is 1.84 bits per heavy atom. The zero-order valence-electron chi connectivity index (χ0n) is 17.4. The number of carbonyl (C=O) groups excluding carboxylic acids is 1. The second kappa shape index (κ2) is 8.43. The molecule has 32 heavy (non-hydrogen) atoms. The maximum absolute atomic E-state index is 13.1. The first-order valence-corrected chi connectivity index (χ1v) is 10.7. The lowest BCUT2D eigenvalue weighted by molar-refractivity contribution is -0.384. The Morgan fingerprint density at radius 3 is 2.59 bits per heavy atom. The number of nitrogens with one attached hydrogen (secondary N) is 1. The molecule has 1 amide bonds. The van der Waals surface area contributed by atoms with Gasteiger partial charge in [0.15, 0.2) is 5.76 Å². The van der Waals surface area contributed by atoms with Crippen LogP contribution >= 0.6 is 0 Å². The fraction of sp³-hybridized carbons (Fsp3) is 0.304. The molecule has 3 aliphatic heterocycles. The van der Waals surface area contributed by atoms with E-state index >= 15 is 0 Å². The van der Waals surface area contributed by atoms with Crippen LogP contribution in [0.15, 0.2) is 59.1 Å². The van der Waals surface area contributed by atoms with E-state index in [4.69, 9.17) is 4.42 Å². The van der Waals surface area contributed by atoms with Gasteiger partial charge in [0.25, 0.3) is 5.91 Å².